The molecule has 2 aromatic carbocycles. The van der Waals surface area contributed by atoms with Gasteiger partial charge in [0.1, 0.15) is 11.2 Å². The molecule has 2 rings (SSSR count). The van der Waals surface area contributed by atoms with E-state index in [0.717, 1.165) is 0 Å². The molecule has 0 aromatic heterocycles. The van der Waals surface area contributed by atoms with Crippen LogP contribution < -0.4 is 10.6 Å². The fourth-order valence-electron chi connectivity index (χ4n) is 2.13. The Bertz CT molecular complexity index is 843. The van der Waals surface area contributed by atoms with E-state index in [1.165, 1.54) is 24.3 Å². The number of benzene rings is 2. The molecule has 0 saturated heterocycles. The SMILES string of the molecule is CC(C)(C)OC(=O)Nc1ccccc1NC(=O)c1ccccc1[N+](=O)[O-]. The first-order valence-corrected chi connectivity index (χ1v) is 7.81. The van der Waals surface area contributed by atoms with Crippen molar-refractivity contribution < 1.29 is 19.2 Å². The van der Waals surface area contributed by atoms with E-state index >= 15 is 0 Å². The number of ether oxygens (including phenoxy) is 1. The fourth-order valence-corrected chi connectivity index (χ4v) is 2.13. The summed E-state index contributed by atoms with van der Waals surface area (Å²) in [5.41, 5.74) is -0.449. The molecule has 2 amide bonds. The minimum Gasteiger partial charge on any atom is -0.444 e. The minimum absolute atomic E-state index is 0.0791. The van der Waals surface area contributed by atoms with Crippen molar-refractivity contribution in [3.8, 4) is 0 Å². The zero-order valence-corrected chi connectivity index (χ0v) is 14.6. The van der Waals surface area contributed by atoms with Gasteiger partial charge in [-0.25, -0.2) is 4.79 Å². The standard InChI is InChI=1S/C18H19N3O5/c1-18(2,3)26-17(23)20-14-10-6-5-9-13(14)19-16(22)12-8-4-7-11-15(12)21(24)25/h4-11H,1-3H3,(H,19,22)(H,20,23). The molecular weight excluding hydrogens is 338 g/mol. The molecule has 0 fully saturated rings. The molecule has 0 unspecified atom stereocenters. The monoisotopic (exact) mass is 357 g/mol. The molecule has 26 heavy (non-hydrogen) atoms. The summed E-state index contributed by atoms with van der Waals surface area (Å²) in [5.74, 6) is -0.657. The van der Waals surface area contributed by atoms with E-state index in [2.05, 4.69) is 10.6 Å². The molecule has 0 spiro atoms. The molecule has 0 aliphatic heterocycles. The lowest BCUT2D eigenvalue weighted by molar-refractivity contribution is -0.385. The van der Waals surface area contributed by atoms with Crippen LogP contribution in [0, 0.1) is 10.1 Å². The van der Waals surface area contributed by atoms with E-state index in [1.807, 2.05) is 0 Å². The molecular formula is C18H19N3O5. The molecule has 0 aliphatic rings. The van der Waals surface area contributed by atoms with Crippen molar-refractivity contribution in [1.82, 2.24) is 0 Å². The Balaban J connectivity index is 2.22. The molecule has 136 valence electrons. The Labute approximate surface area is 150 Å². The lowest BCUT2D eigenvalue weighted by Gasteiger charge is -2.20. The van der Waals surface area contributed by atoms with Crippen LogP contribution in [-0.2, 0) is 4.74 Å². The van der Waals surface area contributed by atoms with Gasteiger partial charge < -0.3 is 10.1 Å². The van der Waals surface area contributed by atoms with E-state index in [1.54, 1.807) is 45.0 Å². The van der Waals surface area contributed by atoms with E-state index < -0.39 is 22.5 Å². The van der Waals surface area contributed by atoms with Crippen LogP contribution in [0.5, 0.6) is 0 Å². The number of rotatable bonds is 4. The number of anilines is 2. The average Bonchev–Trinajstić information content (AvgIpc) is 2.54. The molecule has 2 aromatic rings. The van der Waals surface area contributed by atoms with Gasteiger partial charge in [0.25, 0.3) is 11.6 Å². The summed E-state index contributed by atoms with van der Waals surface area (Å²) < 4.78 is 5.18. The van der Waals surface area contributed by atoms with Crippen molar-refractivity contribution in [2.75, 3.05) is 10.6 Å². The summed E-state index contributed by atoms with van der Waals surface area (Å²) in [7, 11) is 0. The van der Waals surface area contributed by atoms with Crippen LogP contribution in [0.1, 0.15) is 31.1 Å². The highest BCUT2D eigenvalue weighted by atomic mass is 16.6. The number of hydrogen-bond donors (Lipinski definition) is 2. The predicted octanol–water partition coefficient (Wildman–Crippen LogP) is 4.19. The number of nitrogens with zero attached hydrogens (tertiary/aromatic N) is 1. The topological polar surface area (TPSA) is 111 Å². The maximum Gasteiger partial charge on any atom is 0.412 e. The Morgan fingerprint density at radius 1 is 0.962 bits per heavy atom. The smallest absolute Gasteiger partial charge is 0.412 e. The average molecular weight is 357 g/mol. The van der Waals surface area contributed by atoms with Crippen LogP contribution >= 0.6 is 0 Å². The third-order valence-electron chi connectivity index (χ3n) is 3.16. The summed E-state index contributed by atoms with van der Waals surface area (Å²) in [6.45, 7) is 5.19. The first kappa shape index (κ1) is 18.9. The minimum atomic E-state index is -0.676. The molecule has 2 N–H and O–H groups in total. The van der Waals surface area contributed by atoms with E-state index in [-0.39, 0.29) is 11.3 Å². The van der Waals surface area contributed by atoms with Gasteiger partial charge in [0.15, 0.2) is 0 Å². The van der Waals surface area contributed by atoms with Crippen molar-refractivity contribution >= 4 is 29.1 Å². The van der Waals surface area contributed by atoms with Gasteiger partial charge >= 0.3 is 6.09 Å². The van der Waals surface area contributed by atoms with Gasteiger partial charge in [0, 0.05) is 6.07 Å². The van der Waals surface area contributed by atoms with E-state index in [4.69, 9.17) is 4.74 Å². The van der Waals surface area contributed by atoms with Crippen molar-refractivity contribution in [3.63, 3.8) is 0 Å². The summed E-state index contributed by atoms with van der Waals surface area (Å²) in [4.78, 5) is 34.8. The number of para-hydroxylation sites is 3. The van der Waals surface area contributed by atoms with Gasteiger partial charge in [0.2, 0.25) is 0 Å². The molecule has 0 saturated carbocycles. The lowest BCUT2D eigenvalue weighted by Crippen LogP contribution is -2.27. The third-order valence-corrected chi connectivity index (χ3v) is 3.16. The number of hydrogen-bond acceptors (Lipinski definition) is 5. The van der Waals surface area contributed by atoms with Gasteiger partial charge in [-0.1, -0.05) is 24.3 Å². The summed E-state index contributed by atoms with van der Waals surface area (Å²) in [6.07, 6.45) is -0.676. The quantitative estimate of drug-likeness (QED) is 0.629. The van der Waals surface area contributed by atoms with Crippen molar-refractivity contribution in [2.24, 2.45) is 0 Å². The normalized spacial score (nSPS) is 10.7. The largest absolute Gasteiger partial charge is 0.444 e. The molecule has 0 radical (unpaired) electrons. The highest BCUT2D eigenvalue weighted by Crippen LogP contribution is 2.25. The number of nitro groups is 1. The first-order chi connectivity index (χ1) is 12.2. The van der Waals surface area contributed by atoms with Crippen molar-refractivity contribution in [1.29, 1.82) is 0 Å². The van der Waals surface area contributed by atoms with Crippen molar-refractivity contribution in [2.45, 2.75) is 26.4 Å². The maximum absolute atomic E-state index is 12.4. The van der Waals surface area contributed by atoms with E-state index in [9.17, 15) is 19.7 Å². The Kier molecular flexibility index (Phi) is 5.56. The molecule has 0 atom stereocenters. The van der Waals surface area contributed by atoms with Crippen LogP contribution in [0.3, 0.4) is 0 Å². The highest BCUT2D eigenvalue weighted by molar-refractivity contribution is 6.09. The van der Waals surface area contributed by atoms with Crippen LogP contribution in [0.2, 0.25) is 0 Å². The van der Waals surface area contributed by atoms with Crippen molar-refractivity contribution in [3.05, 3.63) is 64.2 Å². The zero-order valence-electron chi connectivity index (χ0n) is 14.6. The Morgan fingerprint density at radius 3 is 2.08 bits per heavy atom. The molecule has 0 bridgehead atoms. The molecule has 8 heteroatoms. The van der Waals surface area contributed by atoms with Gasteiger partial charge in [-0.15, -0.1) is 0 Å². The van der Waals surface area contributed by atoms with Crippen LogP contribution in [0.4, 0.5) is 21.9 Å². The number of carbonyl (C=O) groups excluding carboxylic acids is 2. The maximum atomic E-state index is 12.4. The van der Waals surface area contributed by atoms with Crippen LogP contribution in [-0.4, -0.2) is 22.5 Å². The number of amides is 2. The number of carbonyl (C=O) groups is 2. The Morgan fingerprint density at radius 2 is 1.50 bits per heavy atom. The summed E-state index contributed by atoms with van der Waals surface area (Å²) >= 11 is 0. The van der Waals surface area contributed by atoms with Crippen LogP contribution in [0.15, 0.2) is 48.5 Å². The third kappa shape index (κ3) is 5.04. The van der Waals surface area contributed by atoms with Gasteiger partial charge in [0.05, 0.1) is 16.3 Å². The lowest BCUT2D eigenvalue weighted by atomic mass is 10.1. The van der Waals surface area contributed by atoms with Crippen LogP contribution in [0.25, 0.3) is 0 Å². The Hall–Kier alpha value is -3.42. The van der Waals surface area contributed by atoms with E-state index in [0.29, 0.717) is 11.4 Å². The number of nitro benzene ring substituents is 1. The second-order valence-electron chi connectivity index (χ2n) is 6.40. The summed E-state index contributed by atoms with van der Waals surface area (Å²) in [5, 5.41) is 16.2. The highest BCUT2D eigenvalue weighted by Gasteiger charge is 2.21. The number of nitrogens with one attached hydrogen (secondary N) is 2. The second-order valence-corrected chi connectivity index (χ2v) is 6.40. The van der Waals surface area contributed by atoms with Gasteiger partial charge in [-0.3, -0.25) is 20.2 Å². The fraction of sp³-hybridized carbons (Fsp3) is 0.222. The van der Waals surface area contributed by atoms with Gasteiger partial charge in [-0.05, 0) is 39.0 Å². The molecule has 8 nitrogen and oxygen atoms in total. The first-order valence-electron chi connectivity index (χ1n) is 7.81. The molecule has 0 heterocycles. The summed E-state index contributed by atoms with van der Waals surface area (Å²) in [6, 6.07) is 12.1. The zero-order chi connectivity index (χ0) is 19.3. The van der Waals surface area contributed by atoms with Gasteiger partial charge in [-0.2, -0.15) is 0 Å². The molecule has 0 aliphatic carbocycles. The second kappa shape index (κ2) is 7.64. The predicted molar refractivity (Wildman–Crippen MR) is 97.3 cm³/mol.